The fourth-order valence-electron chi connectivity index (χ4n) is 2.60. The maximum absolute atomic E-state index is 12.0. The predicted molar refractivity (Wildman–Crippen MR) is 88.7 cm³/mol. The van der Waals surface area contributed by atoms with Gasteiger partial charge in [-0.15, -0.1) is 23.1 Å². The second-order valence-corrected chi connectivity index (χ2v) is 8.17. The van der Waals surface area contributed by atoms with Crippen molar-refractivity contribution in [2.75, 3.05) is 18.8 Å². The Hall–Kier alpha value is -0.520. The average Bonchev–Trinajstić information content (AvgIpc) is 2.77. The van der Waals surface area contributed by atoms with E-state index < -0.39 is 0 Å². The van der Waals surface area contributed by atoms with Crippen molar-refractivity contribution < 1.29 is 4.79 Å². The SMILES string of the molecule is Cc1cc(C(C)NC(=O)CSC2CCNCC2)c(C)s1. The van der Waals surface area contributed by atoms with Crippen LogP contribution in [0, 0.1) is 13.8 Å². The van der Waals surface area contributed by atoms with Gasteiger partial charge in [-0.25, -0.2) is 0 Å². The number of piperidine rings is 1. The van der Waals surface area contributed by atoms with Crippen LogP contribution in [-0.2, 0) is 4.79 Å². The van der Waals surface area contributed by atoms with Gasteiger partial charge >= 0.3 is 0 Å². The molecule has 112 valence electrons. The lowest BCUT2D eigenvalue weighted by molar-refractivity contribution is -0.119. The van der Waals surface area contributed by atoms with E-state index in [9.17, 15) is 4.79 Å². The Balaban J connectivity index is 1.77. The van der Waals surface area contributed by atoms with Crippen LogP contribution in [0.1, 0.15) is 41.1 Å². The molecule has 1 unspecified atom stereocenters. The molecule has 1 amide bonds. The second kappa shape index (κ2) is 7.48. The highest BCUT2D eigenvalue weighted by Crippen LogP contribution is 2.26. The van der Waals surface area contributed by atoms with E-state index in [1.54, 1.807) is 23.1 Å². The molecule has 2 N–H and O–H groups in total. The highest BCUT2D eigenvalue weighted by Gasteiger charge is 2.17. The number of carbonyl (C=O) groups excluding carboxylic acids is 1. The van der Waals surface area contributed by atoms with E-state index in [2.05, 4.69) is 37.5 Å². The topological polar surface area (TPSA) is 41.1 Å². The first-order valence-electron chi connectivity index (χ1n) is 7.25. The zero-order valence-electron chi connectivity index (χ0n) is 12.5. The van der Waals surface area contributed by atoms with Gasteiger partial charge in [-0.3, -0.25) is 4.79 Å². The second-order valence-electron chi connectivity index (χ2n) is 5.42. The molecule has 0 spiro atoms. The first-order valence-corrected chi connectivity index (χ1v) is 9.11. The number of rotatable bonds is 5. The zero-order valence-corrected chi connectivity index (χ0v) is 14.1. The van der Waals surface area contributed by atoms with E-state index in [0.29, 0.717) is 11.0 Å². The van der Waals surface area contributed by atoms with Crippen LogP contribution in [0.4, 0.5) is 0 Å². The fourth-order valence-corrected chi connectivity index (χ4v) is 4.66. The molecule has 0 bridgehead atoms. The molecule has 20 heavy (non-hydrogen) atoms. The summed E-state index contributed by atoms with van der Waals surface area (Å²) in [5, 5.41) is 7.11. The van der Waals surface area contributed by atoms with Gasteiger partial charge in [0.15, 0.2) is 0 Å². The molecule has 1 fully saturated rings. The Kier molecular flexibility index (Phi) is 5.93. The largest absolute Gasteiger partial charge is 0.349 e. The van der Waals surface area contributed by atoms with Gasteiger partial charge in [-0.05, 0) is 58.3 Å². The van der Waals surface area contributed by atoms with Crippen LogP contribution >= 0.6 is 23.1 Å². The Morgan fingerprint density at radius 1 is 1.50 bits per heavy atom. The number of thiophene rings is 1. The Bertz CT molecular complexity index is 453. The van der Waals surface area contributed by atoms with Crippen LogP contribution in [0.2, 0.25) is 0 Å². The summed E-state index contributed by atoms with van der Waals surface area (Å²) >= 11 is 3.60. The molecule has 0 radical (unpaired) electrons. The number of aryl methyl sites for hydroxylation is 2. The lowest BCUT2D eigenvalue weighted by Gasteiger charge is -2.22. The Labute approximate surface area is 129 Å². The van der Waals surface area contributed by atoms with Gasteiger partial charge < -0.3 is 10.6 Å². The van der Waals surface area contributed by atoms with Gasteiger partial charge in [0.05, 0.1) is 11.8 Å². The predicted octanol–water partition coefficient (Wildman–Crippen LogP) is 3.03. The third-order valence-corrected chi connectivity index (χ3v) is 6.01. The van der Waals surface area contributed by atoms with Crippen molar-refractivity contribution in [2.24, 2.45) is 0 Å². The van der Waals surface area contributed by atoms with Crippen LogP contribution in [0.3, 0.4) is 0 Å². The number of amides is 1. The molecule has 1 aromatic rings. The standard InChI is InChI=1S/C15H24N2OS2/c1-10-8-14(12(3)20-10)11(2)17-15(18)9-19-13-4-6-16-7-5-13/h8,11,13,16H,4-7,9H2,1-3H3,(H,17,18). The van der Waals surface area contributed by atoms with Crippen molar-refractivity contribution in [1.82, 2.24) is 10.6 Å². The molecule has 1 saturated heterocycles. The molecule has 2 rings (SSSR count). The van der Waals surface area contributed by atoms with Crippen LogP contribution in [0.25, 0.3) is 0 Å². The number of hydrogen-bond acceptors (Lipinski definition) is 4. The van der Waals surface area contributed by atoms with Crippen LogP contribution in [-0.4, -0.2) is 30.0 Å². The lowest BCUT2D eigenvalue weighted by atomic mass is 10.1. The maximum Gasteiger partial charge on any atom is 0.230 e. The lowest BCUT2D eigenvalue weighted by Crippen LogP contribution is -2.32. The van der Waals surface area contributed by atoms with Crippen LogP contribution < -0.4 is 10.6 Å². The van der Waals surface area contributed by atoms with Crippen LogP contribution in [0.15, 0.2) is 6.07 Å². The quantitative estimate of drug-likeness (QED) is 0.878. The van der Waals surface area contributed by atoms with Crippen molar-refractivity contribution in [3.8, 4) is 0 Å². The Morgan fingerprint density at radius 2 is 2.20 bits per heavy atom. The molecule has 1 aliphatic heterocycles. The summed E-state index contributed by atoms with van der Waals surface area (Å²) < 4.78 is 0. The molecule has 0 aromatic carbocycles. The van der Waals surface area contributed by atoms with Gasteiger partial charge in [0.2, 0.25) is 5.91 Å². The summed E-state index contributed by atoms with van der Waals surface area (Å²) in [7, 11) is 0. The summed E-state index contributed by atoms with van der Waals surface area (Å²) in [6.07, 6.45) is 2.35. The third kappa shape index (κ3) is 4.50. The van der Waals surface area contributed by atoms with Gasteiger partial charge in [0, 0.05) is 15.0 Å². The number of thioether (sulfide) groups is 1. The van der Waals surface area contributed by atoms with E-state index >= 15 is 0 Å². The molecule has 3 nitrogen and oxygen atoms in total. The monoisotopic (exact) mass is 312 g/mol. The average molecular weight is 313 g/mol. The van der Waals surface area contributed by atoms with E-state index in [0.717, 1.165) is 13.1 Å². The summed E-state index contributed by atoms with van der Waals surface area (Å²) in [5.41, 5.74) is 1.26. The number of carbonyl (C=O) groups is 1. The highest BCUT2D eigenvalue weighted by molar-refractivity contribution is 8.00. The third-order valence-electron chi connectivity index (χ3n) is 3.66. The molecule has 5 heteroatoms. The Morgan fingerprint density at radius 3 is 2.80 bits per heavy atom. The summed E-state index contributed by atoms with van der Waals surface area (Å²) in [4.78, 5) is 14.7. The first kappa shape index (κ1) is 15.9. The summed E-state index contributed by atoms with van der Waals surface area (Å²) in [6.45, 7) is 8.48. The van der Waals surface area contributed by atoms with E-state index in [1.165, 1.54) is 28.2 Å². The highest BCUT2D eigenvalue weighted by atomic mass is 32.2. The van der Waals surface area contributed by atoms with Gasteiger partial charge in [0.1, 0.15) is 0 Å². The van der Waals surface area contributed by atoms with Gasteiger partial charge in [-0.2, -0.15) is 0 Å². The van der Waals surface area contributed by atoms with E-state index in [4.69, 9.17) is 0 Å². The minimum absolute atomic E-state index is 0.112. The smallest absolute Gasteiger partial charge is 0.230 e. The van der Waals surface area contributed by atoms with Gasteiger partial charge in [-0.1, -0.05) is 0 Å². The minimum atomic E-state index is 0.112. The van der Waals surface area contributed by atoms with E-state index in [1.807, 2.05) is 0 Å². The van der Waals surface area contributed by atoms with E-state index in [-0.39, 0.29) is 11.9 Å². The molecular weight excluding hydrogens is 288 g/mol. The number of hydrogen-bond donors (Lipinski definition) is 2. The molecule has 0 saturated carbocycles. The van der Waals surface area contributed by atoms with Crippen molar-refractivity contribution in [3.05, 3.63) is 21.4 Å². The normalized spacial score (nSPS) is 17.9. The fraction of sp³-hybridized carbons (Fsp3) is 0.667. The van der Waals surface area contributed by atoms with Crippen molar-refractivity contribution >= 4 is 29.0 Å². The summed E-state index contributed by atoms with van der Waals surface area (Å²) in [5.74, 6) is 0.737. The molecular formula is C15H24N2OS2. The summed E-state index contributed by atoms with van der Waals surface area (Å²) in [6, 6.07) is 2.30. The number of nitrogens with one attached hydrogen (secondary N) is 2. The molecule has 0 aliphatic carbocycles. The minimum Gasteiger partial charge on any atom is -0.349 e. The van der Waals surface area contributed by atoms with Crippen molar-refractivity contribution in [2.45, 2.75) is 44.9 Å². The molecule has 2 heterocycles. The van der Waals surface area contributed by atoms with Crippen LogP contribution in [0.5, 0.6) is 0 Å². The first-order chi connectivity index (χ1) is 9.56. The molecule has 1 aliphatic rings. The zero-order chi connectivity index (χ0) is 14.5. The molecule has 1 aromatic heterocycles. The van der Waals surface area contributed by atoms with Gasteiger partial charge in [0.25, 0.3) is 0 Å². The molecule has 1 atom stereocenters. The van der Waals surface area contributed by atoms with Crippen molar-refractivity contribution in [1.29, 1.82) is 0 Å². The maximum atomic E-state index is 12.0. The van der Waals surface area contributed by atoms with Crippen molar-refractivity contribution in [3.63, 3.8) is 0 Å².